The molecule has 0 unspecified atom stereocenters. The SMILES string of the molecule is COc1ccc(C)cc1NC(=O)[C@H](C)N1CCN(S(C)(=O)=O)CC1. The van der Waals surface area contributed by atoms with Crippen molar-refractivity contribution in [2.45, 2.75) is 19.9 Å². The Bertz CT molecular complexity index is 697. The van der Waals surface area contributed by atoms with Gasteiger partial charge < -0.3 is 10.1 Å². The first-order valence-corrected chi connectivity index (χ1v) is 9.72. The molecule has 1 saturated heterocycles. The van der Waals surface area contributed by atoms with Crippen molar-refractivity contribution in [2.24, 2.45) is 0 Å². The molecule has 2 rings (SSSR count). The minimum atomic E-state index is -3.17. The van der Waals surface area contributed by atoms with Crippen molar-refractivity contribution in [1.82, 2.24) is 9.21 Å². The van der Waals surface area contributed by atoms with Crippen LogP contribution >= 0.6 is 0 Å². The molecule has 8 heteroatoms. The van der Waals surface area contributed by atoms with Crippen molar-refractivity contribution in [1.29, 1.82) is 0 Å². The van der Waals surface area contributed by atoms with Gasteiger partial charge in [0.2, 0.25) is 15.9 Å². The summed E-state index contributed by atoms with van der Waals surface area (Å²) < 4.78 is 29.8. The summed E-state index contributed by atoms with van der Waals surface area (Å²) in [5.74, 6) is 0.481. The summed E-state index contributed by atoms with van der Waals surface area (Å²) >= 11 is 0. The lowest BCUT2D eigenvalue weighted by Gasteiger charge is -2.36. The molecule has 24 heavy (non-hydrogen) atoms. The number of amides is 1. The van der Waals surface area contributed by atoms with Gasteiger partial charge in [0, 0.05) is 26.2 Å². The molecular weight excluding hydrogens is 330 g/mol. The molecule has 1 aliphatic rings. The Morgan fingerprint density at radius 1 is 1.25 bits per heavy atom. The number of methoxy groups -OCH3 is 1. The average molecular weight is 355 g/mol. The molecule has 134 valence electrons. The van der Waals surface area contributed by atoms with Crippen LogP contribution in [0.25, 0.3) is 0 Å². The highest BCUT2D eigenvalue weighted by Gasteiger charge is 2.29. The predicted molar refractivity (Wildman–Crippen MR) is 93.8 cm³/mol. The summed E-state index contributed by atoms with van der Waals surface area (Å²) in [5, 5.41) is 2.90. The quantitative estimate of drug-likeness (QED) is 0.849. The zero-order chi connectivity index (χ0) is 17.9. The number of carbonyl (C=O) groups excluding carboxylic acids is 1. The zero-order valence-corrected chi connectivity index (χ0v) is 15.4. The Morgan fingerprint density at radius 2 is 1.88 bits per heavy atom. The second-order valence-electron chi connectivity index (χ2n) is 6.07. The molecule has 1 aromatic carbocycles. The Labute approximate surface area is 143 Å². The first-order valence-electron chi connectivity index (χ1n) is 7.87. The summed E-state index contributed by atoms with van der Waals surface area (Å²) in [6, 6.07) is 5.25. The highest BCUT2D eigenvalue weighted by molar-refractivity contribution is 7.88. The molecule has 1 atom stereocenters. The van der Waals surface area contributed by atoms with E-state index in [0.29, 0.717) is 37.6 Å². The first-order chi connectivity index (χ1) is 11.2. The van der Waals surface area contributed by atoms with Gasteiger partial charge in [-0.2, -0.15) is 4.31 Å². The Kier molecular flexibility index (Phi) is 5.84. The summed E-state index contributed by atoms with van der Waals surface area (Å²) in [5.41, 5.74) is 1.67. The van der Waals surface area contributed by atoms with Crippen LogP contribution in [-0.4, -0.2) is 69.1 Å². The Morgan fingerprint density at radius 3 is 2.42 bits per heavy atom. The van der Waals surface area contributed by atoms with Gasteiger partial charge in [0.15, 0.2) is 0 Å². The molecular formula is C16H25N3O4S. The number of benzene rings is 1. The minimum absolute atomic E-state index is 0.133. The molecule has 0 aromatic heterocycles. The Hall–Kier alpha value is -1.64. The van der Waals surface area contributed by atoms with Crippen LogP contribution in [0.3, 0.4) is 0 Å². The molecule has 1 aliphatic heterocycles. The maximum absolute atomic E-state index is 12.5. The number of carbonyl (C=O) groups is 1. The van der Waals surface area contributed by atoms with E-state index in [2.05, 4.69) is 5.32 Å². The molecule has 7 nitrogen and oxygen atoms in total. The number of sulfonamides is 1. The van der Waals surface area contributed by atoms with Gasteiger partial charge in [-0.05, 0) is 31.5 Å². The Balaban J connectivity index is 2.00. The summed E-state index contributed by atoms with van der Waals surface area (Å²) in [4.78, 5) is 14.5. The van der Waals surface area contributed by atoms with Gasteiger partial charge in [0.25, 0.3) is 0 Å². The van der Waals surface area contributed by atoms with Gasteiger partial charge in [0.1, 0.15) is 5.75 Å². The molecule has 1 N–H and O–H groups in total. The van der Waals surface area contributed by atoms with Crippen molar-refractivity contribution < 1.29 is 17.9 Å². The van der Waals surface area contributed by atoms with Crippen molar-refractivity contribution in [3.8, 4) is 5.75 Å². The van der Waals surface area contributed by atoms with E-state index in [-0.39, 0.29) is 11.9 Å². The van der Waals surface area contributed by atoms with E-state index in [9.17, 15) is 13.2 Å². The number of aryl methyl sites for hydroxylation is 1. The van der Waals surface area contributed by atoms with Crippen molar-refractivity contribution in [2.75, 3.05) is 44.9 Å². The molecule has 0 radical (unpaired) electrons. The maximum Gasteiger partial charge on any atom is 0.241 e. The number of nitrogens with zero attached hydrogens (tertiary/aromatic N) is 2. The van der Waals surface area contributed by atoms with E-state index in [0.717, 1.165) is 5.56 Å². The van der Waals surface area contributed by atoms with E-state index in [1.807, 2.05) is 36.9 Å². The van der Waals surface area contributed by atoms with Gasteiger partial charge >= 0.3 is 0 Å². The van der Waals surface area contributed by atoms with Crippen LogP contribution in [0.4, 0.5) is 5.69 Å². The fourth-order valence-electron chi connectivity index (χ4n) is 2.75. The molecule has 1 amide bonds. The number of hydrogen-bond donors (Lipinski definition) is 1. The van der Waals surface area contributed by atoms with Gasteiger partial charge in [-0.25, -0.2) is 8.42 Å². The second kappa shape index (κ2) is 7.50. The minimum Gasteiger partial charge on any atom is -0.495 e. The number of piperazine rings is 1. The molecule has 1 fully saturated rings. The van der Waals surface area contributed by atoms with Gasteiger partial charge in [-0.3, -0.25) is 9.69 Å². The van der Waals surface area contributed by atoms with Crippen LogP contribution in [0.5, 0.6) is 5.75 Å². The monoisotopic (exact) mass is 355 g/mol. The van der Waals surface area contributed by atoms with Crippen LogP contribution in [0.1, 0.15) is 12.5 Å². The molecule has 0 bridgehead atoms. The lowest BCUT2D eigenvalue weighted by atomic mass is 10.2. The largest absolute Gasteiger partial charge is 0.495 e. The van der Waals surface area contributed by atoms with Crippen LogP contribution < -0.4 is 10.1 Å². The van der Waals surface area contributed by atoms with E-state index >= 15 is 0 Å². The van der Waals surface area contributed by atoms with Crippen molar-refractivity contribution in [3.63, 3.8) is 0 Å². The second-order valence-corrected chi connectivity index (χ2v) is 8.05. The number of anilines is 1. The normalized spacial score (nSPS) is 18.2. The highest BCUT2D eigenvalue weighted by Crippen LogP contribution is 2.25. The van der Waals surface area contributed by atoms with Crippen LogP contribution in [0, 0.1) is 6.92 Å². The van der Waals surface area contributed by atoms with Crippen molar-refractivity contribution >= 4 is 21.6 Å². The average Bonchev–Trinajstić information content (AvgIpc) is 2.53. The third-order valence-corrected chi connectivity index (χ3v) is 5.59. The van der Waals surface area contributed by atoms with Crippen LogP contribution in [0.15, 0.2) is 18.2 Å². The molecule has 1 aromatic rings. The molecule has 0 saturated carbocycles. The molecule has 1 heterocycles. The maximum atomic E-state index is 12.5. The smallest absolute Gasteiger partial charge is 0.241 e. The number of nitrogens with one attached hydrogen (secondary N) is 1. The molecule has 0 spiro atoms. The van der Waals surface area contributed by atoms with E-state index in [1.165, 1.54) is 10.6 Å². The standard InChI is InChI=1S/C16H25N3O4S/c1-12-5-6-15(23-3)14(11-12)17-16(20)13(2)18-7-9-19(10-8-18)24(4,21)22/h5-6,11,13H,7-10H2,1-4H3,(H,17,20)/t13-/m0/s1. The highest BCUT2D eigenvalue weighted by atomic mass is 32.2. The van der Waals surface area contributed by atoms with Crippen LogP contribution in [-0.2, 0) is 14.8 Å². The van der Waals surface area contributed by atoms with Gasteiger partial charge in [0.05, 0.1) is 25.1 Å². The summed E-state index contributed by atoms with van der Waals surface area (Å²) in [7, 11) is -1.60. The topological polar surface area (TPSA) is 79.0 Å². The zero-order valence-electron chi connectivity index (χ0n) is 14.6. The third-order valence-electron chi connectivity index (χ3n) is 4.28. The predicted octanol–water partition coefficient (Wildman–Crippen LogP) is 0.908. The van der Waals surface area contributed by atoms with Gasteiger partial charge in [-0.15, -0.1) is 0 Å². The number of ether oxygens (including phenoxy) is 1. The van der Waals surface area contributed by atoms with Gasteiger partial charge in [-0.1, -0.05) is 6.07 Å². The summed E-state index contributed by atoms with van der Waals surface area (Å²) in [6.07, 6.45) is 1.21. The fourth-order valence-corrected chi connectivity index (χ4v) is 3.57. The fraction of sp³-hybridized carbons (Fsp3) is 0.562. The lowest BCUT2D eigenvalue weighted by Crippen LogP contribution is -2.53. The third kappa shape index (κ3) is 4.46. The van der Waals surface area contributed by atoms with Crippen molar-refractivity contribution in [3.05, 3.63) is 23.8 Å². The van der Waals surface area contributed by atoms with E-state index < -0.39 is 10.0 Å². The van der Waals surface area contributed by atoms with E-state index in [4.69, 9.17) is 4.74 Å². The number of hydrogen-bond acceptors (Lipinski definition) is 5. The first kappa shape index (κ1) is 18.7. The lowest BCUT2D eigenvalue weighted by molar-refractivity contribution is -0.121. The number of rotatable bonds is 5. The molecule has 0 aliphatic carbocycles. The van der Waals surface area contributed by atoms with Crippen LogP contribution in [0.2, 0.25) is 0 Å². The summed E-state index contributed by atoms with van der Waals surface area (Å²) in [6.45, 7) is 5.66. The van der Waals surface area contributed by atoms with E-state index in [1.54, 1.807) is 7.11 Å².